The molecule has 18 heavy (non-hydrogen) atoms. The highest BCUT2D eigenvalue weighted by Crippen LogP contribution is 2.20. The molecule has 1 rings (SSSR count). The third kappa shape index (κ3) is 3.95. The van der Waals surface area contributed by atoms with E-state index in [2.05, 4.69) is 36.0 Å². The second kappa shape index (κ2) is 7.31. The maximum absolute atomic E-state index is 13.3. The van der Waals surface area contributed by atoms with Gasteiger partial charge in [-0.1, -0.05) is 13.8 Å². The van der Waals surface area contributed by atoms with Gasteiger partial charge >= 0.3 is 0 Å². The van der Waals surface area contributed by atoms with Crippen LogP contribution in [0.2, 0.25) is 0 Å². The minimum absolute atomic E-state index is 0.274. The molecular formula is C14H24FN3. The molecule has 0 aliphatic rings. The number of aromatic nitrogens is 1. The van der Waals surface area contributed by atoms with Crippen molar-refractivity contribution in [1.29, 1.82) is 0 Å². The Morgan fingerprint density at radius 1 is 1.44 bits per heavy atom. The average molecular weight is 253 g/mol. The predicted molar refractivity (Wildman–Crippen MR) is 74.3 cm³/mol. The van der Waals surface area contributed by atoms with Crippen molar-refractivity contribution < 1.29 is 4.39 Å². The van der Waals surface area contributed by atoms with Crippen LogP contribution >= 0.6 is 0 Å². The SMILES string of the molecule is CCCNCc1cc(F)cnc1N(C)C(C)CC. The summed E-state index contributed by atoms with van der Waals surface area (Å²) in [5.74, 6) is 0.596. The van der Waals surface area contributed by atoms with E-state index >= 15 is 0 Å². The summed E-state index contributed by atoms with van der Waals surface area (Å²) in [6, 6.07) is 1.97. The van der Waals surface area contributed by atoms with Gasteiger partial charge in [-0.3, -0.25) is 0 Å². The Kier molecular flexibility index (Phi) is 6.05. The summed E-state index contributed by atoms with van der Waals surface area (Å²) in [6.07, 6.45) is 3.40. The molecule has 1 aromatic rings. The van der Waals surface area contributed by atoms with Crippen LogP contribution in [0.15, 0.2) is 12.3 Å². The highest BCUT2D eigenvalue weighted by Gasteiger charge is 2.14. The van der Waals surface area contributed by atoms with Crippen molar-refractivity contribution in [2.24, 2.45) is 0 Å². The lowest BCUT2D eigenvalue weighted by atomic mass is 10.2. The van der Waals surface area contributed by atoms with Crippen LogP contribution in [-0.2, 0) is 6.54 Å². The number of hydrogen-bond acceptors (Lipinski definition) is 3. The van der Waals surface area contributed by atoms with Crippen molar-refractivity contribution in [3.8, 4) is 0 Å². The summed E-state index contributed by atoms with van der Waals surface area (Å²) in [7, 11) is 2.01. The van der Waals surface area contributed by atoms with Crippen molar-refractivity contribution in [2.45, 2.75) is 46.2 Å². The van der Waals surface area contributed by atoms with Crippen LogP contribution in [0, 0.1) is 5.82 Å². The topological polar surface area (TPSA) is 28.2 Å². The summed E-state index contributed by atoms with van der Waals surface area (Å²) in [6.45, 7) is 7.99. The Labute approximate surface area is 109 Å². The first-order valence-corrected chi connectivity index (χ1v) is 6.68. The molecule has 1 N–H and O–H groups in total. The van der Waals surface area contributed by atoms with Crippen molar-refractivity contribution in [2.75, 3.05) is 18.5 Å². The molecule has 0 saturated carbocycles. The van der Waals surface area contributed by atoms with Crippen LogP contribution in [-0.4, -0.2) is 24.6 Å². The Morgan fingerprint density at radius 2 is 2.17 bits per heavy atom. The molecule has 4 heteroatoms. The number of rotatable bonds is 7. The molecule has 1 aromatic heterocycles. The number of hydrogen-bond donors (Lipinski definition) is 1. The van der Waals surface area contributed by atoms with Gasteiger partial charge in [0.15, 0.2) is 0 Å². The van der Waals surface area contributed by atoms with Gasteiger partial charge in [0.25, 0.3) is 0 Å². The summed E-state index contributed by atoms with van der Waals surface area (Å²) in [5.41, 5.74) is 0.922. The molecule has 0 fully saturated rings. The second-order valence-electron chi connectivity index (χ2n) is 4.68. The van der Waals surface area contributed by atoms with E-state index in [9.17, 15) is 4.39 Å². The fourth-order valence-electron chi connectivity index (χ4n) is 1.80. The fraction of sp³-hybridized carbons (Fsp3) is 0.643. The molecule has 0 bridgehead atoms. The number of pyridine rings is 1. The van der Waals surface area contributed by atoms with Crippen LogP contribution < -0.4 is 10.2 Å². The van der Waals surface area contributed by atoms with Gasteiger partial charge in [0, 0.05) is 25.2 Å². The van der Waals surface area contributed by atoms with E-state index in [0.717, 1.165) is 30.8 Å². The zero-order valence-corrected chi connectivity index (χ0v) is 11.8. The summed E-state index contributed by atoms with van der Waals surface area (Å²) in [4.78, 5) is 6.35. The largest absolute Gasteiger partial charge is 0.357 e. The Hall–Kier alpha value is -1.16. The van der Waals surface area contributed by atoms with Gasteiger partial charge < -0.3 is 10.2 Å². The molecule has 0 radical (unpaired) electrons. The molecule has 0 amide bonds. The van der Waals surface area contributed by atoms with Gasteiger partial charge in [-0.25, -0.2) is 9.37 Å². The molecule has 0 aromatic carbocycles. The van der Waals surface area contributed by atoms with Crippen molar-refractivity contribution in [1.82, 2.24) is 10.3 Å². The first kappa shape index (κ1) is 14.9. The monoisotopic (exact) mass is 253 g/mol. The molecular weight excluding hydrogens is 229 g/mol. The lowest BCUT2D eigenvalue weighted by molar-refractivity contribution is 0.602. The van der Waals surface area contributed by atoms with Gasteiger partial charge in [-0.05, 0) is 32.4 Å². The number of nitrogens with zero attached hydrogens (tertiary/aromatic N) is 2. The number of anilines is 1. The molecule has 0 aliphatic carbocycles. The second-order valence-corrected chi connectivity index (χ2v) is 4.68. The summed E-state index contributed by atoms with van der Waals surface area (Å²) in [5, 5.41) is 3.30. The predicted octanol–water partition coefficient (Wildman–Crippen LogP) is 2.96. The van der Waals surface area contributed by atoms with Gasteiger partial charge in [-0.15, -0.1) is 0 Å². The van der Waals surface area contributed by atoms with Gasteiger partial charge in [-0.2, -0.15) is 0 Å². The fourth-order valence-corrected chi connectivity index (χ4v) is 1.80. The summed E-state index contributed by atoms with van der Waals surface area (Å²) >= 11 is 0. The van der Waals surface area contributed by atoms with Crippen LogP contribution in [0.5, 0.6) is 0 Å². The molecule has 0 aliphatic heterocycles. The maximum Gasteiger partial charge on any atom is 0.141 e. The Balaban J connectivity index is 2.88. The molecule has 1 atom stereocenters. The lowest BCUT2D eigenvalue weighted by Gasteiger charge is -2.27. The molecule has 1 unspecified atom stereocenters. The minimum atomic E-state index is -0.274. The van der Waals surface area contributed by atoms with Gasteiger partial charge in [0.2, 0.25) is 0 Å². The zero-order chi connectivity index (χ0) is 13.5. The van der Waals surface area contributed by atoms with E-state index < -0.39 is 0 Å². The molecule has 1 heterocycles. The number of nitrogens with one attached hydrogen (secondary N) is 1. The van der Waals surface area contributed by atoms with Crippen molar-refractivity contribution >= 4 is 5.82 Å². The van der Waals surface area contributed by atoms with Crippen LogP contribution in [0.3, 0.4) is 0 Å². The van der Waals surface area contributed by atoms with E-state index in [-0.39, 0.29) is 5.82 Å². The lowest BCUT2D eigenvalue weighted by Crippen LogP contribution is -2.30. The zero-order valence-electron chi connectivity index (χ0n) is 11.8. The average Bonchev–Trinajstić information content (AvgIpc) is 2.37. The van der Waals surface area contributed by atoms with Crippen LogP contribution in [0.4, 0.5) is 10.2 Å². The molecule has 0 spiro atoms. The first-order chi connectivity index (χ1) is 8.60. The molecule has 0 saturated heterocycles. The Morgan fingerprint density at radius 3 is 2.78 bits per heavy atom. The van der Waals surface area contributed by atoms with Crippen molar-refractivity contribution in [3.63, 3.8) is 0 Å². The van der Waals surface area contributed by atoms with E-state index in [0.29, 0.717) is 12.6 Å². The normalized spacial score (nSPS) is 12.5. The molecule has 3 nitrogen and oxygen atoms in total. The van der Waals surface area contributed by atoms with Gasteiger partial charge in [0.1, 0.15) is 11.6 Å². The number of halogens is 1. The minimum Gasteiger partial charge on any atom is -0.357 e. The highest BCUT2D eigenvalue weighted by molar-refractivity contribution is 5.47. The van der Waals surface area contributed by atoms with Crippen molar-refractivity contribution in [3.05, 3.63) is 23.6 Å². The van der Waals surface area contributed by atoms with E-state index in [1.54, 1.807) is 6.07 Å². The first-order valence-electron chi connectivity index (χ1n) is 6.68. The third-order valence-electron chi connectivity index (χ3n) is 3.24. The standard InChI is InChI=1S/C14H24FN3/c1-5-7-16-9-12-8-13(15)10-17-14(12)18(4)11(3)6-2/h8,10-11,16H,5-7,9H2,1-4H3. The quantitative estimate of drug-likeness (QED) is 0.757. The Bertz CT molecular complexity index is 368. The van der Waals surface area contributed by atoms with E-state index in [1.807, 2.05) is 7.05 Å². The molecule has 102 valence electrons. The summed E-state index contributed by atoms with van der Waals surface area (Å²) < 4.78 is 13.3. The highest BCUT2D eigenvalue weighted by atomic mass is 19.1. The maximum atomic E-state index is 13.3. The van der Waals surface area contributed by atoms with Crippen LogP contribution in [0.25, 0.3) is 0 Å². The third-order valence-corrected chi connectivity index (χ3v) is 3.24. The smallest absolute Gasteiger partial charge is 0.141 e. The van der Waals surface area contributed by atoms with Crippen LogP contribution in [0.1, 0.15) is 39.2 Å². The van der Waals surface area contributed by atoms with E-state index in [4.69, 9.17) is 0 Å². The van der Waals surface area contributed by atoms with Gasteiger partial charge in [0.05, 0.1) is 6.20 Å². The van der Waals surface area contributed by atoms with E-state index in [1.165, 1.54) is 6.20 Å².